The van der Waals surface area contributed by atoms with E-state index in [1.807, 2.05) is 19.1 Å². The Morgan fingerprint density at radius 1 is 1.23 bits per heavy atom. The molecule has 4 nitrogen and oxygen atoms in total. The molecule has 4 heteroatoms. The highest BCUT2D eigenvalue weighted by atomic mass is 16.8. The zero-order valence-corrected chi connectivity index (χ0v) is 14.1. The molecule has 0 unspecified atom stereocenters. The number of carbonyl (C=O) groups excluding carboxylic acids is 1. The lowest BCUT2D eigenvalue weighted by Crippen LogP contribution is -2.42. The van der Waals surface area contributed by atoms with Gasteiger partial charge in [0.25, 0.3) is 0 Å². The highest BCUT2D eigenvalue weighted by Gasteiger charge is 2.47. The van der Waals surface area contributed by atoms with Crippen molar-refractivity contribution in [1.29, 1.82) is 0 Å². The van der Waals surface area contributed by atoms with Crippen LogP contribution in [0.2, 0.25) is 0 Å². The molecule has 1 aromatic rings. The van der Waals surface area contributed by atoms with Gasteiger partial charge in [-0.15, -0.1) is 0 Å². The summed E-state index contributed by atoms with van der Waals surface area (Å²) in [4.78, 5) is 12.0. The summed E-state index contributed by atoms with van der Waals surface area (Å²) in [6.45, 7) is 11.0. The first kappa shape index (κ1) is 17.0. The lowest BCUT2D eigenvalue weighted by atomic mass is 9.91. The van der Waals surface area contributed by atoms with Gasteiger partial charge in [0.15, 0.2) is 5.79 Å². The van der Waals surface area contributed by atoms with Crippen molar-refractivity contribution in [3.8, 4) is 0 Å². The van der Waals surface area contributed by atoms with Crippen molar-refractivity contribution in [3.63, 3.8) is 0 Å². The van der Waals surface area contributed by atoms with Crippen molar-refractivity contribution < 1.29 is 19.0 Å². The fraction of sp³-hybridized carbons (Fsp3) is 0.611. The van der Waals surface area contributed by atoms with E-state index in [2.05, 4.69) is 27.7 Å². The molecule has 0 N–H and O–H groups in total. The smallest absolute Gasteiger partial charge is 0.338 e. The summed E-state index contributed by atoms with van der Waals surface area (Å²) in [5.41, 5.74) is 1.67. The minimum absolute atomic E-state index is 0.209. The van der Waals surface area contributed by atoms with Gasteiger partial charge in [0.1, 0.15) is 12.7 Å². The van der Waals surface area contributed by atoms with Gasteiger partial charge in [-0.2, -0.15) is 0 Å². The molecule has 1 saturated heterocycles. The number of esters is 1. The maximum atomic E-state index is 12.0. The predicted octanol–water partition coefficient (Wildman–Crippen LogP) is 3.58. The van der Waals surface area contributed by atoms with Crippen LogP contribution in [0.4, 0.5) is 0 Å². The number of hydrogen-bond donors (Lipinski definition) is 0. The van der Waals surface area contributed by atoms with Gasteiger partial charge in [-0.3, -0.25) is 0 Å². The lowest BCUT2D eigenvalue weighted by molar-refractivity contribution is -0.227. The zero-order valence-electron chi connectivity index (χ0n) is 14.1. The third-order valence-electron chi connectivity index (χ3n) is 4.14. The Morgan fingerprint density at radius 3 is 2.32 bits per heavy atom. The van der Waals surface area contributed by atoms with Gasteiger partial charge < -0.3 is 14.2 Å². The van der Waals surface area contributed by atoms with Gasteiger partial charge in [0.05, 0.1) is 12.2 Å². The van der Waals surface area contributed by atoms with Crippen LogP contribution in [0.15, 0.2) is 24.3 Å². The lowest BCUT2D eigenvalue weighted by Gasteiger charge is -2.35. The van der Waals surface area contributed by atoms with Crippen LogP contribution in [-0.2, 0) is 14.2 Å². The molecule has 0 aliphatic carbocycles. The monoisotopic (exact) mass is 306 g/mol. The molecule has 0 spiro atoms. The zero-order chi connectivity index (χ0) is 16.3. The van der Waals surface area contributed by atoms with Crippen LogP contribution in [0.5, 0.6) is 0 Å². The Morgan fingerprint density at radius 2 is 1.82 bits per heavy atom. The average molecular weight is 306 g/mol. The van der Waals surface area contributed by atoms with E-state index in [4.69, 9.17) is 14.2 Å². The molecule has 1 heterocycles. The molecule has 0 saturated carbocycles. The van der Waals surface area contributed by atoms with E-state index in [1.54, 1.807) is 12.1 Å². The van der Waals surface area contributed by atoms with E-state index in [0.717, 1.165) is 5.56 Å². The minimum Gasteiger partial charge on any atom is -0.459 e. The third kappa shape index (κ3) is 3.50. The first-order valence-electron chi connectivity index (χ1n) is 7.90. The molecule has 1 aliphatic heterocycles. The molecule has 0 radical (unpaired) electrons. The summed E-state index contributed by atoms with van der Waals surface area (Å²) in [5, 5.41) is 0. The molecule has 1 aliphatic rings. The van der Waals surface area contributed by atoms with Crippen molar-refractivity contribution in [3.05, 3.63) is 35.4 Å². The first-order valence-corrected chi connectivity index (χ1v) is 7.90. The summed E-state index contributed by atoms with van der Waals surface area (Å²) in [6.07, 6.45) is -0.209. The highest BCUT2D eigenvalue weighted by Crippen LogP contribution is 2.37. The topological polar surface area (TPSA) is 44.8 Å². The summed E-state index contributed by atoms with van der Waals surface area (Å²) in [5.74, 6) is -0.424. The average Bonchev–Trinajstić information content (AvgIpc) is 2.91. The Kier molecular flexibility index (Phi) is 5.24. The number of benzene rings is 1. The van der Waals surface area contributed by atoms with Crippen molar-refractivity contribution in [1.82, 2.24) is 0 Å². The van der Waals surface area contributed by atoms with Gasteiger partial charge in [0, 0.05) is 11.8 Å². The van der Waals surface area contributed by atoms with Gasteiger partial charge in [-0.25, -0.2) is 4.79 Å². The molecular weight excluding hydrogens is 280 g/mol. The van der Waals surface area contributed by atoms with Crippen molar-refractivity contribution in [2.24, 2.45) is 11.8 Å². The molecular formula is C18H26O4. The van der Waals surface area contributed by atoms with E-state index >= 15 is 0 Å². The van der Waals surface area contributed by atoms with Crippen LogP contribution < -0.4 is 0 Å². The fourth-order valence-electron chi connectivity index (χ4n) is 2.85. The molecule has 1 atom stereocenters. The molecule has 1 aromatic carbocycles. The van der Waals surface area contributed by atoms with Crippen molar-refractivity contribution in [2.75, 3.05) is 13.2 Å². The number of hydrogen-bond acceptors (Lipinski definition) is 4. The number of ether oxygens (including phenoxy) is 3. The normalized spacial score (nSPS) is 20.6. The van der Waals surface area contributed by atoms with E-state index in [0.29, 0.717) is 12.2 Å². The van der Waals surface area contributed by atoms with E-state index in [-0.39, 0.29) is 30.5 Å². The van der Waals surface area contributed by atoms with Gasteiger partial charge in [0.2, 0.25) is 0 Å². The predicted molar refractivity (Wildman–Crippen MR) is 84.7 cm³/mol. The van der Waals surface area contributed by atoms with E-state index in [1.165, 1.54) is 0 Å². The summed E-state index contributed by atoms with van der Waals surface area (Å²) in [6, 6.07) is 7.34. The van der Waals surface area contributed by atoms with Gasteiger partial charge in [-0.05, 0) is 19.1 Å². The van der Waals surface area contributed by atoms with Crippen LogP contribution in [0.3, 0.4) is 0 Å². The second-order valence-corrected chi connectivity index (χ2v) is 6.55. The number of aryl methyl sites for hydroxylation is 1. The Balaban J connectivity index is 1.90. The Labute approximate surface area is 132 Å². The van der Waals surface area contributed by atoms with Crippen LogP contribution in [-0.4, -0.2) is 31.1 Å². The summed E-state index contributed by atoms with van der Waals surface area (Å²) >= 11 is 0. The molecule has 2 rings (SSSR count). The van der Waals surface area contributed by atoms with Crippen molar-refractivity contribution >= 4 is 5.97 Å². The van der Waals surface area contributed by atoms with Crippen LogP contribution in [0, 0.1) is 18.8 Å². The number of carbonyl (C=O) groups is 1. The fourth-order valence-corrected chi connectivity index (χ4v) is 2.85. The quantitative estimate of drug-likeness (QED) is 0.780. The Hall–Kier alpha value is -1.39. The van der Waals surface area contributed by atoms with E-state index in [9.17, 15) is 4.79 Å². The maximum Gasteiger partial charge on any atom is 0.338 e. The minimum atomic E-state index is -0.582. The number of rotatable bonds is 5. The second-order valence-electron chi connectivity index (χ2n) is 6.55. The molecule has 122 valence electrons. The maximum absolute atomic E-state index is 12.0. The summed E-state index contributed by atoms with van der Waals surface area (Å²) in [7, 11) is 0. The first-order chi connectivity index (χ1) is 10.3. The highest BCUT2D eigenvalue weighted by molar-refractivity contribution is 5.89. The second kappa shape index (κ2) is 6.80. The SMILES string of the molecule is Cc1ccc(C(=O)OC[C@H]2COC(C(C)C)(C(C)C)O2)cc1. The summed E-state index contributed by atoms with van der Waals surface area (Å²) < 4.78 is 17.4. The molecule has 22 heavy (non-hydrogen) atoms. The largest absolute Gasteiger partial charge is 0.459 e. The van der Waals surface area contributed by atoms with Crippen LogP contribution >= 0.6 is 0 Å². The molecule has 0 bridgehead atoms. The van der Waals surface area contributed by atoms with Crippen molar-refractivity contribution in [2.45, 2.75) is 46.5 Å². The molecule has 0 amide bonds. The third-order valence-corrected chi connectivity index (χ3v) is 4.14. The Bertz CT molecular complexity index is 496. The standard InChI is InChI=1S/C18H26O4/c1-12(2)18(13(3)4)21-11-16(22-18)10-20-17(19)15-8-6-14(5)7-9-15/h6-9,12-13,16H,10-11H2,1-5H3/t16-/m0/s1. The van der Waals surface area contributed by atoms with Gasteiger partial charge >= 0.3 is 5.97 Å². The van der Waals surface area contributed by atoms with Crippen LogP contribution in [0.25, 0.3) is 0 Å². The van der Waals surface area contributed by atoms with Crippen LogP contribution in [0.1, 0.15) is 43.6 Å². The van der Waals surface area contributed by atoms with E-state index < -0.39 is 5.79 Å². The van der Waals surface area contributed by atoms with Gasteiger partial charge in [-0.1, -0.05) is 45.4 Å². The molecule has 0 aromatic heterocycles. The molecule has 1 fully saturated rings.